The first-order valence-electron chi connectivity index (χ1n) is 4.08. The number of alkyl halides is 1. The molecule has 0 N–H and O–H groups in total. The van der Waals surface area contributed by atoms with Gasteiger partial charge in [-0.2, -0.15) is 0 Å². The Morgan fingerprint density at radius 1 is 1.40 bits per heavy atom. The lowest BCUT2D eigenvalue weighted by molar-refractivity contribution is 0.644. The van der Waals surface area contributed by atoms with E-state index in [4.69, 9.17) is 0 Å². The SMILES string of the molecule is C=CC(Br)CCCCCC. The average Bonchev–Trinajstić information content (AvgIpc) is 1.98. The molecular formula is C9H17Br. The summed E-state index contributed by atoms with van der Waals surface area (Å²) in [5.41, 5.74) is 0. The van der Waals surface area contributed by atoms with Crippen LogP contribution < -0.4 is 0 Å². The molecule has 0 spiro atoms. The third kappa shape index (κ3) is 6.34. The summed E-state index contributed by atoms with van der Waals surface area (Å²) in [5, 5.41) is 0. The minimum atomic E-state index is 0.532. The highest BCUT2D eigenvalue weighted by Gasteiger charge is 1.95. The molecule has 0 rings (SSSR count). The zero-order chi connectivity index (χ0) is 7.82. The van der Waals surface area contributed by atoms with Crippen molar-refractivity contribution < 1.29 is 0 Å². The van der Waals surface area contributed by atoms with Crippen molar-refractivity contribution >= 4 is 15.9 Å². The lowest BCUT2D eigenvalue weighted by Crippen LogP contribution is -1.90. The predicted molar refractivity (Wildman–Crippen MR) is 51.7 cm³/mol. The van der Waals surface area contributed by atoms with Crippen LogP contribution in [-0.4, -0.2) is 4.83 Å². The molecule has 0 saturated heterocycles. The van der Waals surface area contributed by atoms with Crippen LogP contribution in [0.1, 0.15) is 39.0 Å². The highest BCUT2D eigenvalue weighted by Crippen LogP contribution is 2.11. The number of unbranched alkanes of at least 4 members (excludes halogenated alkanes) is 3. The number of hydrogen-bond acceptors (Lipinski definition) is 0. The van der Waals surface area contributed by atoms with Gasteiger partial charge in [-0.25, -0.2) is 0 Å². The molecule has 0 radical (unpaired) electrons. The third-order valence-corrected chi connectivity index (χ3v) is 2.42. The summed E-state index contributed by atoms with van der Waals surface area (Å²) in [6.07, 6.45) is 8.59. The number of rotatable bonds is 6. The number of halogens is 1. The molecular weight excluding hydrogens is 188 g/mol. The Balaban J connectivity index is 2.95. The molecule has 1 unspecified atom stereocenters. The van der Waals surface area contributed by atoms with Gasteiger partial charge in [0.25, 0.3) is 0 Å². The zero-order valence-electron chi connectivity index (χ0n) is 6.78. The van der Waals surface area contributed by atoms with E-state index in [1.165, 1.54) is 32.1 Å². The van der Waals surface area contributed by atoms with Crippen molar-refractivity contribution in [2.24, 2.45) is 0 Å². The molecule has 0 saturated carbocycles. The van der Waals surface area contributed by atoms with Crippen molar-refractivity contribution in [1.82, 2.24) is 0 Å². The lowest BCUT2D eigenvalue weighted by Gasteiger charge is -2.01. The lowest BCUT2D eigenvalue weighted by atomic mass is 10.1. The van der Waals surface area contributed by atoms with Crippen LogP contribution in [0.2, 0.25) is 0 Å². The molecule has 0 aliphatic carbocycles. The van der Waals surface area contributed by atoms with E-state index in [0.717, 1.165) is 0 Å². The molecule has 1 heteroatoms. The molecule has 0 heterocycles. The van der Waals surface area contributed by atoms with Gasteiger partial charge in [-0.1, -0.05) is 54.6 Å². The van der Waals surface area contributed by atoms with Gasteiger partial charge in [0.2, 0.25) is 0 Å². The molecule has 0 aromatic rings. The molecule has 10 heavy (non-hydrogen) atoms. The Morgan fingerprint density at radius 2 is 2.10 bits per heavy atom. The highest BCUT2D eigenvalue weighted by atomic mass is 79.9. The van der Waals surface area contributed by atoms with Gasteiger partial charge in [-0.3, -0.25) is 0 Å². The molecule has 0 aromatic heterocycles. The maximum atomic E-state index is 3.71. The van der Waals surface area contributed by atoms with Crippen LogP contribution in [0.15, 0.2) is 12.7 Å². The highest BCUT2D eigenvalue weighted by molar-refractivity contribution is 9.09. The zero-order valence-corrected chi connectivity index (χ0v) is 8.36. The molecule has 0 amide bonds. The maximum absolute atomic E-state index is 3.71. The van der Waals surface area contributed by atoms with E-state index >= 15 is 0 Å². The van der Waals surface area contributed by atoms with Crippen LogP contribution in [0.4, 0.5) is 0 Å². The summed E-state index contributed by atoms with van der Waals surface area (Å²) in [6, 6.07) is 0. The van der Waals surface area contributed by atoms with E-state index in [-0.39, 0.29) is 0 Å². The molecule has 0 fully saturated rings. The van der Waals surface area contributed by atoms with Crippen molar-refractivity contribution in [2.45, 2.75) is 43.9 Å². The maximum Gasteiger partial charge on any atom is 0.0322 e. The summed E-state index contributed by atoms with van der Waals surface area (Å²) in [7, 11) is 0. The second-order valence-electron chi connectivity index (χ2n) is 2.60. The van der Waals surface area contributed by atoms with Crippen molar-refractivity contribution in [1.29, 1.82) is 0 Å². The summed E-state index contributed by atoms with van der Waals surface area (Å²) in [6.45, 7) is 5.95. The molecule has 60 valence electrons. The van der Waals surface area contributed by atoms with Gasteiger partial charge in [0.05, 0.1) is 0 Å². The fraction of sp³-hybridized carbons (Fsp3) is 0.778. The monoisotopic (exact) mass is 204 g/mol. The summed E-state index contributed by atoms with van der Waals surface area (Å²) >= 11 is 3.51. The fourth-order valence-electron chi connectivity index (χ4n) is 0.884. The molecule has 0 bridgehead atoms. The van der Waals surface area contributed by atoms with Crippen LogP contribution in [0.3, 0.4) is 0 Å². The Kier molecular flexibility index (Phi) is 7.49. The first-order chi connectivity index (χ1) is 4.81. The van der Waals surface area contributed by atoms with E-state index in [9.17, 15) is 0 Å². The van der Waals surface area contributed by atoms with Gasteiger partial charge in [-0.05, 0) is 6.42 Å². The number of hydrogen-bond donors (Lipinski definition) is 0. The Labute approximate surface area is 72.8 Å². The predicted octanol–water partition coefficient (Wildman–Crippen LogP) is 3.91. The summed E-state index contributed by atoms with van der Waals surface area (Å²) in [4.78, 5) is 0.532. The Morgan fingerprint density at radius 3 is 2.60 bits per heavy atom. The van der Waals surface area contributed by atoms with Crippen molar-refractivity contribution in [3.8, 4) is 0 Å². The van der Waals surface area contributed by atoms with E-state index < -0.39 is 0 Å². The van der Waals surface area contributed by atoms with Gasteiger partial charge >= 0.3 is 0 Å². The Bertz CT molecular complexity index is 78.8. The summed E-state index contributed by atoms with van der Waals surface area (Å²) in [5.74, 6) is 0. The van der Waals surface area contributed by atoms with E-state index in [0.29, 0.717) is 4.83 Å². The number of allylic oxidation sites excluding steroid dienone is 1. The molecule has 0 aliphatic rings. The van der Waals surface area contributed by atoms with Crippen LogP contribution in [0.25, 0.3) is 0 Å². The quantitative estimate of drug-likeness (QED) is 0.350. The smallest absolute Gasteiger partial charge is 0.0322 e. The molecule has 0 nitrogen and oxygen atoms in total. The molecule has 0 aromatic carbocycles. The molecule has 1 atom stereocenters. The van der Waals surface area contributed by atoms with Crippen LogP contribution in [-0.2, 0) is 0 Å². The molecule has 0 aliphatic heterocycles. The topological polar surface area (TPSA) is 0 Å². The second-order valence-corrected chi connectivity index (χ2v) is 3.78. The van der Waals surface area contributed by atoms with Crippen molar-refractivity contribution in [2.75, 3.05) is 0 Å². The Hall–Kier alpha value is 0.220. The van der Waals surface area contributed by atoms with E-state index in [1.54, 1.807) is 0 Å². The standard InChI is InChI=1S/C9H17Br/c1-3-5-6-7-8-9(10)4-2/h4,9H,2-3,5-8H2,1H3. The van der Waals surface area contributed by atoms with E-state index in [2.05, 4.69) is 29.4 Å². The second kappa shape index (κ2) is 7.33. The van der Waals surface area contributed by atoms with Gasteiger partial charge in [-0.15, -0.1) is 6.58 Å². The van der Waals surface area contributed by atoms with Crippen LogP contribution >= 0.6 is 15.9 Å². The third-order valence-electron chi connectivity index (χ3n) is 1.59. The van der Waals surface area contributed by atoms with Gasteiger partial charge in [0.15, 0.2) is 0 Å². The van der Waals surface area contributed by atoms with Gasteiger partial charge < -0.3 is 0 Å². The van der Waals surface area contributed by atoms with Crippen LogP contribution in [0.5, 0.6) is 0 Å². The average molecular weight is 205 g/mol. The van der Waals surface area contributed by atoms with E-state index in [1.807, 2.05) is 6.08 Å². The first kappa shape index (κ1) is 10.2. The van der Waals surface area contributed by atoms with Crippen LogP contribution in [0, 0.1) is 0 Å². The first-order valence-corrected chi connectivity index (χ1v) is 4.99. The minimum absolute atomic E-state index is 0.532. The van der Waals surface area contributed by atoms with Crippen molar-refractivity contribution in [3.05, 3.63) is 12.7 Å². The minimum Gasteiger partial charge on any atom is -0.102 e. The van der Waals surface area contributed by atoms with Crippen molar-refractivity contribution in [3.63, 3.8) is 0 Å². The largest absolute Gasteiger partial charge is 0.102 e. The summed E-state index contributed by atoms with van der Waals surface area (Å²) < 4.78 is 0. The van der Waals surface area contributed by atoms with Gasteiger partial charge in [0.1, 0.15) is 0 Å². The fourth-order valence-corrected chi connectivity index (χ4v) is 1.21. The van der Waals surface area contributed by atoms with Gasteiger partial charge in [0, 0.05) is 4.83 Å². The normalized spacial score (nSPS) is 13.0.